The molecule has 1 N–H and O–H groups in total. The first kappa shape index (κ1) is 15.2. The lowest BCUT2D eigenvalue weighted by Gasteiger charge is -2.05. The zero-order chi connectivity index (χ0) is 13.4. The van der Waals surface area contributed by atoms with Crippen LogP contribution in [-0.2, 0) is 6.54 Å². The first-order chi connectivity index (χ1) is 8.69. The van der Waals surface area contributed by atoms with Crippen molar-refractivity contribution in [2.24, 2.45) is 0 Å². The van der Waals surface area contributed by atoms with Gasteiger partial charge < -0.3 is 15.0 Å². The maximum absolute atomic E-state index is 5.30. The van der Waals surface area contributed by atoms with Crippen molar-refractivity contribution < 1.29 is 4.74 Å². The molecule has 0 unspecified atom stereocenters. The second kappa shape index (κ2) is 8.32. The molecule has 0 radical (unpaired) electrons. The van der Waals surface area contributed by atoms with Gasteiger partial charge in [0.25, 0.3) is 0 Å². The number of rotatable bonds is 9. The minimum atomic E-state index is 0.754. The number of hydrogen-bond donors (Lipinski definition) is 1. The Morgan fingerprint density at radius 1 is 1.28 bits per heavy atom. The Morgan fingerprint density at radius 3 is 2.67 bits per heavy atom. The van der Waals surface area contributed by atoms with Crippen molar-refractivity contribution in [3.63, 3.8) is 0 Å². The summed E-state index contributed by atoms with van der Waals surface area (Å²) in [6.07, 6.45) is 5.17. The molecule has 0 fully saturated rings. The van der Waals surface area contributed by atoms with Crippen molar-refractivity contribution >= 4 is 16.5 Å². The Morgan fingerprint density at radius 2 is 2.06 bits per heavy atom. The van der Waals surface area contributed by atoms with Crippen LogP contribution in [-0.4, -0.2) is 32.7 Å². The molecule has 0 amide bonds. The summed E-state index contributed by atoms with van der Waals surface area (Å²) in [5, 5.41) is 4.45. The standard InChI is InChI=1S/C13H25N3OS/c1-5-6-7-8-9-14-10-11-12(17-4)15-13(18-11)16(2)3/h14H,5-10H2,1-4H3. The van der Waals surface area contributed by atoms with Crippen molar-refractivity contribution in [3.8, 4) is 5.88 Å². The van der Waals surface area contributed by atoms with Crippen LogP contribution in [0.2, 0.25) is 0 Å². The average molecular weight is 271 g/mol. The molecule has 1 rings (SSSR count). The number of nitrogens with zero attached hydrogens (tertiary/aromatic N) is 2. The van der Waals surface area contributed by atoms with Gasteiger partial charge in [-0.1, -0.05) is 37.5 Å². The summed E-state index contributed by atoms with van der Waals surface area (Å²) < 4.78 is 5.30. The topological polar surface area (TPSA) is 37.4 Å². The van der Waals surface area contributed by atoms with Gasteiger partial charge in [0.05, 0.1) is 12.0 Å². The van der Waals surface area contributed by atoms with Crippen LogP contribution in [0.5, 0.6) is 5.88 Å². The highest BCUT2D eigenvalue weighted by molar-refractivity contribution is 7.15. The zero-order valence-electron chi connectivity index (χ0n) is 12.0. The van der Waals surface area contributed by atoms with Crippen molar-refractivity contribution in [3.05, 3.63) is 4.88 Å². The van der Waals surface area contributed by atoms with E-state index in [2.05, 4.69) is 17.2 Å². The summed E-state index contributed by atoms with van der Waals surface area (Å²) in [7, 11) is 5.68. The van der Waals surface area contributed by atoms with E-state index in [4.69, 9.17) is 4.74 Å². The van der Waals surface area contributed by atoms with Crippen LogP contribution in [0.15, 0.2) is 0 Å². The molecule has 0 saturated carbocycles. The number of hydrogen-bond acceptors (Lipinski definition) is 5. The third kappa shape index (κ3) is 4.82. The van der Waals surface area contributed by atoms with E-state index in [1.807, 2.05) is 19.0 Å². The van der Waals surface area contributed by atoms with E-state index in [-0.39, 0.29) is 0 Å². The predicted octanol–water partition coefficient (Wildman–Crippen LogP) is 2.89. The largest absolute Gasteiger partial charge is 0.480 e. The van der Waals surface area contributed by atoms with Gasteiger partial charge in [-0.05, 0) is 13.0 Å². The van der Waals surface area contributed by atoms with Crippen LogP contribution >= 0.6 is 11.3 Å². The molecule has 0 saturated heterocycles. The van der Waals surface area contributed by atoms with E-state index in [0.717, 1.165) is 24.1 Å². The SMILES string of the molecule is CCCCCCNCc1sc(N(C)C)nc1OC. The second-order valence-electron chi connectivity index (χ2n) is 4.56. The number of ether oxygens (including phenoxy) is 1. The van der Waals surface area contributed by atoms with Crippen LogP contribution in [0.4, 0.5) is 5.13 Å². The normalized spacial score (nSPS) is 10.7. The molecule has 0 aliphatic rings. The molecule has 104 valence electrons. The third-order valence-electron chi connectivity index (χ3n) is 2.72. The van der Waals surface area contributed by atoms with Gasteiger partial charge in [0, 0.05) is 20.6 Å². The Kier molecular flexibility index (Phi) is 7.05. The molecule has 0 aliphatic heterocycles. The molecule has 18 heavy (non-hydrogen) atoms. The molecule has 1 aromatic rings. The molecule has 0 spiro atoms. The Labute approximate surface area is 114 Å². The number of thiazole rings is 1. The fourth-order valence-corrected chi connectivity index (χ4v) is 2.59. The van der Waals surface area contributed by atoms with Gasteiger partial charge in [0.2, 0.25) is 5.88 Å². The minimum absolute atomic E-state index is 0.754. The van der Waals surface area contributed by atoms with Crippen molar-refractivity contribution in [1.29, 1.82) is 0 Å². The van der Waals surface area contributed by atoms with E-state index in [1.54, 1.807) is 18.4 Å². The quantitative estimate of drug-likeness (QED) is 0.701. The van der Waals surface area contributed by atoms with Gasteiger partial charge in [0.1, 0.15) is 0 Å². The average Bonchev–Trinajstić information content (AvgIpc) is 2.77. The molecule has 0 aliphatic carbocycles. The van der Waals surface area contributed by atoms with Gasteiger partial charge in [-0.25, -0.2) is 0 Å². The molecule has 0 aromatic carbocycles. The Balaban J connectivity index is 2.36. The lowest BCUT2D eigenvalue weighted by Crippen LogP contribution is -2.14. The molecule has 1 heterocycles. The van der Waals surface area contributed by atoms with E-state index in [1.165, 1.54) is 30.6 Å². The fourth-order valence-electron chi connectivity index (χ4n) is 1.67. The van der Waals surface area contributed by atoms with Gasteiger partial charge >= 0.3 is 0 Å². The number of anilines is 1. The van der Waals surface area contributed by atoms with Crippen LogP contribution in [0.1, 0.15) is 37.5 Å². The van der Waals surface area contributed by atoms with E-state index >= 15 is 0 Å². The Bertz CT molecular complexity index is 339. The predicted molar refractivity (Wildman–Crippen MR) is 78.8 cm³/mol. The van der Waals surface area contributed by atoms with E-state index < -0.39 is 0 Å². The van der Waals surface area contributed by atoms with Gasteiger partial charge in [-0.2, -0.15) is 4.98 Å². The van der Waals surface area contributed by atoms with Crippen molar-refractivity contribution in [2.45, 2.75) is 39.2 Å². The number of methoxy groups -OCH3 is 1. The molecule has 4 nitrogen and oxygen atoms in total. The third-order valence-corrected chi connectivity index (χ3v) is 3.92. The zero-order valence-corrected chi connectivity index (χ0v) is 12.8. The monoisotopic (exact) mass is 271 g/mol. The lowest BCUT2D eigenvalue weighted by molar-refractivity contribution is 0.394. The highest BCUT2D eigenvalue weighted by Crippen LogP contribution is 2.30. The molecule has 5 heteroatoms. The summed E-state index contributed by atoms with van der Waals surface area (Å²) in [5.41, 5.74) is 0. The van der Waals surface area contributed by atoms with E-state index in [0.29, 0.717) is 0 Å². The molecule has 0 atom stereocenters. The molecular weight excluding hydrogens is 246 g/mol. The number of unbranched alkanes of at least 4 members (excludes halogenated alkanes) is 3. The van der Waals surface area contributed by atoms with Gasteiger partial charge in [0.15, 0.2) is 5.13 Å². The van der Waals surface area contributed by atoms with Gasteiger partial charge in [-0.15, -0.1) is 0 Å². The smallest absolute Gasteiger partial charge is 0.230 e. The maximum Gasteiger partial charge on any atom is 0.230 e. The van der Waals surface area contributed by atoms with Crippen LogP contribution in [0.3, 0.4) is 0 Å². The van der Waals surface area contributed by atoms with Gasteiger partial charge in [-0.3, -0.25) is 0 Å². The maximum atomic E-state index is 5.30. The summed E-state index contributed by atoms with van der Waals surface area (Å²) in [4.78, 5) is 7.63. The van der Waals surface area contributed by atoms with Crippen LogP contribution in [0, 0.1) is 0 Å². The summed E-state index contributed by atoms with van der Waals surface area (Å²) >= 11 is 1.69. The van der Waals surface area contributed by atoms with Crippen LogP contribution < -0.4 is 15.0 Å². The summed E-state index contributed by atoms with van der Waals surface area (Å²) in [6, 6.07) is 0. The first-order valence-corrected chi connectivity index (χ1v) is 7.42. The van der Waals surface area contributed by atoms with Crippen molar-refractivity contribution in [1.82, 2.24) is 10.3 Å². The lowest BCUT2D eigenvalue weighted by atomic mass is 10.2. The van der Waals surface area contributed by atoms with Crippen molar-refractivity contribution in [2.75, 3.05) is 32.6 Å². The molecular formula is C13H25N3OS. The second-order valence-corrected chi connectivity index (χ2v) is 5.62. The van der Waals surface area contributed by atoms with Crippen LogP contribution in [0.25, 0.3) is 0 Å². The molecule has 1 aromatic heterocycles. The number of aromatic nitrogens is 1. The summed E-state index contributed by atoms with van der Waals surface area (Å²) in [5.74, 6) is 0.754. The molecule has 0 bridgehead atoms. The highest BCUT2D eigenvalue weighted by atomic mass is 32.1. The summed E-state index contributed by atoms with van der Waals surface area (Å²) in [6.45, 7) is 4.15. The minimum Gasteiger partial charge on any atom is -0.480 e. The fraction of sp³-hybridized carbons (Fsp3) is 0.769. The van der Waals surface area contributed by atoms with E-state index in [9.17, 15) is 0 Å². The Hall–Kier alpha value is -0.810. The number of nitrogens with one attached hydrogen (secondary N) is 1. The highest BCUT2D eigenvalue weighted by Gasteiger charge is 2.12. The first-order valence-electron chi connectivity index (χ1n) is 6.60.